The minimum Gasteiger partial charge on any atom is -0.460 e. The van der Waals surface area contributed by atoms with Crippen LogP contribution < -0.4 is 4.90 Å². The molecule has 36 heavy (non-hydrogen) atoms. The molecule has 3 aromatic rings. The summed E-state index contributed by atoms with van der Waals surface area (Å²) in [7, 11) is 0. The number of ether oxygens (including phenoxy) is 1. The quantitative estimate of drug-likeness (QED) is 0.327. The number of nitrogens with zero attached hydrogens (tertiary/aromatic N) is 2. The molecule has 7 heteroatoms. The second kappa shape index (κ2) is 11.1. The van der Waals surface area contributed by atoms with Gasteiger partial charge < -0.3 is 4.74 Å². The Labute approximate surface area is 222 Å². The molecule has 1 aliphatic rings. The zero-order valence-electron chi connectivity index (χ0n) is 21.2. The third-order valence-electron chi connectivity index (χ3n) is 6.44. The second-order valence-corrected chi connectivity index (χ2v) is 11.8. The highest BCUT2D eigenvalue weighted by molar-refractivity contribution is 7.14. The fourth-order valence-corrected chi connectivity index (χ4v) is 5.85. The molecular weight excluding hydrogens is 492 g/mol. The van der Waals surface area contributed by atoms with Crippen molar-refractivity contribution < 1.29 is 14.3 Å². The number of anilines is 1. The van der Waals surface area contributed by atoms with E-state index in [1.807, 2.05) is 68.6 Å². The molecule has 1 fully saturated rings. The van der Waals surface area contributed by atoms with Gasteiger partial charge in [0.1, 0.15) is 5.60 Å². The minimum atomic E-state index is -0.614. The number of esters is 1. The van der Waals surface area contributed by atoms with Gasteiger partial charge >= 0.3 is 5.97 Å². The van der Waals surface area contributed by atoms with E-state index in [1.165, 1.54) is 11.3 Å². The van der Waals surface area contributed by atoms with Gasteiger partial charge in [-0.2, -0.15) is 0 Å². The smallest absolute Gasteiger partial charge is 0.307 e. The van der Waals surface area contributed by atoms with E-state index in [1.54, 1.807) is 4.90 Å². The van der Waals surface area contributed by atoms with Gasteiger partial charge in [-0.1, -0.05) is 67.1 Å². The molecule has 1 amide bonds. The summed E-state index contributed by atoms with van der Waals surface area (Å²) < 4.78 is 5.64. The van der Waals surface area contributed by atoms with Crippen LogP contribution in [0.4, 0.5) is 5.13 Å². The number of benzene rings is 2. The Morgan fingerprint density at radius 2 is 1.81 bits per heavy atom. The highest BCUT2D eigenvalue weighted by atomic mass is 35.5. The first-order valence-corrected chi connectivity index (χ1v) is 13.7. The Morgan fingerprint density at radius 3 is 2.50 bits per heavy atom. The van der Waals surface area contributed by atoms with Crippen molar-refractivity contribution in [3.8, 4) is 11.3 Å². The molecule has 0 radical (unpaired) electrons. The lowest BCUT2D eigenvalue weighted by molar-refractivity contribution is -0.157. The summed E-state index contributed by atoms with van der Waals surface area (Å²) in [6.45, 7) is 8.26. The maximum atomic E-state index is 14.2. The Balaban J connectivity index is 1.71. The topological polar surface area (TPSA) is 59.5 Å². The van der Waals surface area contributed by atoms with Crippen molar-refractivity contribution in [2.45, 2.75) is 58.5 Å². The number of halogens is 1. The highest BCUT2D eigenvalue weighted by Gasteiger charge is 2.39. The number of carbonyl (C=O) groups excluding carboxylic acids is 2. The van der Waals surface area contributed by atoms with Crippen LogP contribution in [0.1, 0.15) is 58.4 Å². The number of hydrogen-bond donors (Lipinski definition) is 0. The third-order valence-corrected chi connectivity index (χ3v) is 7.63. The number of rotatable bonds is 5. The average Bonchev–Trinajstić information content (AvgIpc) is 3.30. The van der Waals surface area contributed by atoms with Gasteiger partial charge in [-0.15, -0.1) is 11.3 Å². The van der Waals surface area contributed by atoms with Crippen LogP contribution >= 0.6 is 22.9 Å². The molecule has 1 saturated heterocycles. The van der Waals surface area contributed by atoms with E-state index >= 15 is 0 Å². The van der Waals surface area contributed by atoms with E-state index in [0.717, 1.165) is 29.7 Å². The molecule has 0 aliphatic carbocycles. The lowest BCUT2D eigenvalue weighted by Crippen LogP contribution is -2.44. The van der Waals surface area contributed by atoms with Gasteiger partial charge in [0.15, 0.2) is 5.13 Å². The molecule has 1 aromatic heterocycles. The van der Waals surface area contributed by atoms with Gasteiger partial charge in [0.05, 0.1) is 18.0 Å². The molecule has 0 spiro atoms. The van der Waals surface area contributed by atoms with Crippen molar-refractivity contribution in [1.29, 1.82) is 0 Å². The van der Waals surface area contributed by atoms with Gasteiger partial charge in [-0.25, -0.2) is 4.98 Å². The van der Waals surface area contributed by atoms with Crippen LogP contribution in [0.2, 0.25) is 5.02 Å². The number of aromatic nitrogens is 1. The molecule has 5 nitrogen and oxygen atoms in total. The molecule has 0 bridgehead atoms. The molecular formula is C29H33ClN2O3S. The van der Waals surface area contributed by atoms with Crippen LogP contribution in [0.15, 0.2) is 60.0 Å². The highest BCUT2D eigenvalue weighted by Crippen LogP contribution is 2.40. The number of thiazole rings is 1. The lowest BCUT2D eigenvalue weighted by Gasteiger charge is -2.36. The van der Waals surface area contributed by atoms with E-state index in [0.29, 0.717) is 16.7 Å². The fourth-order valence-electron chi connectivity index (χ4n) is 4.78. The monoisotopic (exact) mass is 524 g/mol. The van der Waals surface area contributed by atoms with Crippen molar-refractivity contribution in [3.05, 3.63) is 70.6 Å². The van der Waals surface area contributed by atoms with Gasteiger partial charge in [0, 0.05) is 22.5 Å². The standard InChI is InChI=1S/C29H33ClN2O3S/c1-19-14-15-21(20-10-6-5-7-11-20)23(16-26(33)35-29(2,3)4)27(34)32(17-19)28-31-25(18-36-28)22-12-8-9-13-24(22)30/h5-13,18-19,21,23H,14-17H2,1-4H3. The molecule has 2 heterocycles. The van der Waals surface area contributed by atoms with Crippen molar-refractivity contribution in [1.82, 2.24) is 4.98 Å². The first kappa shape index (κ1) is 26.4. The lowest BCUT2D eigenvalue weighted by atomic mass is 9.77. The Kier molecular flexibility index (Phi) is 8.16. The summed E-state index contributed by atoms with van der Waals surface area (Å²) in [6, 6.07) is 17.6. The van der Waals surface area contributed by atoms with Crippen LogP contribution in [0.5, 0.6) is 0 Å². The summed E-state index contributed by atoms with van der Waals surface area (Å²) in [5, 5.41) is 3.18. The second-order valence-electron chi connectivity index (χ2n) is 10.5. The van der Waals surface area contributed by atoms with E-state index in [-0.39, 0.29) is 30.1 Å². The van der Waals surface area contributed by atoms with E-state index < -0.39 is 11.5 Å². The maximum absolute atomic E-state index is 14.2. The SMILES string of the molecule is CC1CCC(c2ccccc2)C(CC(=O)OC(C)(C)C)C(=O)N(c2nc(-c3ccccc3Cl)cs2)C1. The predicted molar refractivity (Wildman–Crippen MR) is 146 cm³/mol. The first-order valence-electron chi connectivity index (χ1n) is 12.4. The number of amides is 1. The predicted octanol–water partition coefficient (Wildman–Crippen LogP) is 7.36. The molecule has 2 aromatic carbocycles. The van der Waals surface area contributed by atoms with Gasteiger partial charge in [0.25, 0.3) is 0 Å². The van der Waals surface area contributed by atoms with Crippen molar-refractivity contribution in [2.24, 2.45) is 11.8 Å². The van der Waals surface area contributed by atoms with Crippen LogP contribution in [0, 0.1) is 11.8 Å². The van der Waals surface area contributed by atoms with Crippen molar-refractivity contribution in [3.63, 3.8) is 0 Å². The molecule has 3 atom stereocenters. The molecule has 4 rings (SSSR count). The zero-order chi connectivity index (χ0) is 25.9. The van der Waals surface area contributed by atoms with Crippen molar-refractivity contribution >= 4 is 39.9 Å². The molecule has 0 saturated carbocycles. The van der Waals surface area contributed by atoms with Gasteiger partial charge in [-0.3, -0.25) is 14.5 Å². The van der Waals surface area contributed by atoms with Crippen LogP contribution in [-0.4, -0.2) is 29.0 Å². The summed E-state index contributed by atoms with van der Waals surface area (Å²) in [5.41, 5.74) is 2.04. The Bertz CT molecular complexity index is 1200. The summed E-state index contributed by atoms with van der Waals surface area (Å²) in [5.74, 6) is -0.773. The summed E-state index contributed by atoms with van der Waals surface area (Å²) in [4.78, 5) is 33.8. The number of carbonyl (C=O) groups is 2. The van der Waals surface area contributed by atoms with Gasteiger partial charge in [0.2, 0.25) is 5.91 Å². The van der Waals surface area contributed by atoms with Gasteiger partial charge in [-0.05, 0) is 57.1 Å². The van der Waals surface area contributed by atoms with Crippen molar-refractivity contribution in [2.75, 3.05) is 11.4 Å². The first-order chi connectivity index (χ1) is 17.1. The molecule has 3 unspecified atom stereocenters. The van der Waals surface area contributed by atoms with Crippen LogP contribution in [0.3, 0.4) is 0 Å². The van der Waals surface area contributed by atoms with Crippen LogP contribution in [-0.2, 0) is 14.3 Å². The summed E-state index contributed by atoms with van der Waals surface area (Å²) >= 11 is 7.83. The third kappa shape index (κ3) is 6.34. The maximum Gasteiger partial charge on any atom is 0.307 e. The van der Waals surface area contributed by atoms with E-state index in [9.17, 15) is 9.59 Å². The van der Waals surface area contributed by atoms with E-state index in [2.05, 4.69) is 19.1 Å². The Hall–Kier alpha value is -2.70. The minimum absolute atomic E-state index is 0.0310. The molecule has 1 aliphatic heterocycles. The Morgan fingerprint density at radius 1 is 1.11 bits per heavy atom. The summed E-state index contributed by atoms with van der Waals surface area (Å²) in [6.07, 6.45) is 1.81. The number of hydrogen-bond acceptors (Lipinski definition) is 5. The van der Waals surface area contributed by atoms with Crippen LogP contribution in [0.25, 0.3) is 11.3 Å². The molecule has 0 N–H and O–H groups in total. The average molecular weight is 525 g/mol. The normalized spacial score (nSPS) is 21.1. The van der Waals surface area contributed by atoms with E-state index in [4.69, 9.17) is 21.3 Å². The fraction of sp³-hybridized carbons (Fsp3) is 0.414. The largest absolute Gasteiger partial charge is 0.460 e. The molecule has 190 valence electrons. The zero-order valence-corrected chi connectivity index (χ0v) is 22.8.